The van der Waals surface area contributed by atoms with Crippen LogP contribution in [-0.4, -0.2) is 17.2 Å². The second kappa shape index (κ2) is 2.73. The van der Waals surface area contributed by atoms with E-state index in [9.17, 15) is 0 Å². The maximum absolute atomic E-state index is 7.95. The van der Waals surface area contributed by atoms with Gasteiger partial charge < -0.3 is 10.0 Å². The molecule has 3 heteroatoms. The van der Waals surface area contributed by atoms with Gasteiger partial charge in [0.1, 0.15) is 0 Å². The lowest BCUT2D eigenvalue weighted by Crippen LogP contribution is -2.04. The van der Waals surface area contributed by atoms with Crippen LogP contribution in [-0.2, 0) is 0 Å². The summed E-state index contributed by atoms with van der Waals surface area (Å²) in [7, 11) is -1.40. The van der Waals surface area contributed by atoms with E-state index < -0.39 is 7.12 Å². The van der Waals surface area contributed by atoms with E-state index in [4.69, 9.17) is 10.0 Å². The third-order valence-electron chi connectivity index (χ3n) is 0.267. The Labute approximate surface area is 36.6 Å². The molecule has 0 saturated carbocycles. The minimum atomic E-state index is -1.40. The normalized spacial score (nSPS) is 6.33. The molecule has 0 heterocycles. The topological polar surface area (TPSA) is 40.5 Å². The molecular formula is C3H5BO2. The van der Waals surface area contributed by atoms with Gasteiger partial charge in [0.05, 0.1) is 0 Å². The Bertz CT molecular complexity index is 72.9. The van der Waals surface area contributed by atoms with Crippen LogP contribution in [0.5, 0.6) is 0 Å². The first-order valence-corrected chi connectivity index (χ1v) is 1.49. The van der Waals surface area contributed by atoms with Gasteiger partial charge in [-0.1, -0.05) is 6.58 Å². The molecule has 0 aliphatic rings. The van der Waals surface area contributed by atoms with Gasteiger partial charge in [-0.2, -0.15) is 0 Å². The SMILES string of the molecule is C=C=CB(O)O. The highest BCUT2D eigenvalue weighted by Gasteiger charge is 1.94. The number of hydrogen-bond donors (Lipinski definition) is 2. The summed E-state index contributed by atoms with van der Waals surface area (Å²) in [5.74, 6) is 1.04. The van der Waals surface area contributed by atoms with E-state index in [1.165, 1.54) is 0 Å². The summed E-state index contributed by atoms with van der Waals surface area (Å²) in [6.07, 6.45) is 0. The van der Waals surface area contributed by atoms with Crippen molar-refractivity contribution in [2.24, 2.45) is 0 Å². The Balaban J connectivity index is 3.29. The van der Waals surface area contributed by atoms with Crippen LogP contribution in [0.15, 0.2) is 18.3 Å². The molecule has 6 heavy (non-hydrogen) atoms. The molecular weight excluding hydrogens is 78.8 g/mol. The number of hydrogen-bond acceptors (Lipinski definition) is 2. The zero-order valence-corrected chi connectivity index (χ0v) is 3.26. The molecule has 0 aliphatic heterocycles. The summed E-state index contributed by atoms with van der Waals surface area (Å²) in [6, 6.07) is 0. The van der Waals surface area contributed by atoms with Gasteiger partial charge in [0.25, 0.3) is 0 Å². The maximum atomic E-state index is 7.95. The quantitative estimate of drug-likeness (QED) is 0.327. The molecule has 0 radical (unpaired) electrons. The lowest BCUT2D eigenvalue weighted by molar-refractivity contribution is 0.424. The second-order valence-corrected chi connectivity index (χ2v) is 0.784. The summed E-state index contributed by atoms with van der Waals surface area (Å²) in [4.78, 5) is 0. The first-order chi connectivity index (χ1) is 2.77. The first kappa shape index (κ1) is 5.50. The predicted octanol–water partition coefficient (Wildman–Crippen LogP) is -0.661. The van der Waals surface area contributed by atoms with Gasteiger partial charge in [-0.25, -0.2) is 0 Å². The van der Waals surface area contributed by atoms with Gasteiger partial charge in [0, 0.05) is 0 Å². The standard InChI is InChI=1S/C3H5BO2/c1-2-3-4(5)6/h3,5-6H,1H2. The highest BCUT2D eigenvalue weighted by Crippen LogP contribution is 1.63. The summed E-state index contributed by atoms with van der Waals surface area (Å²) in [6.45, 7) is 3.10. The molecule has 32 valence electrons. The molecule has 0 spiro atoms. The van der Waals surface area contributed by atoms with Gasteiger partial charge in [-0.3, -0.25) is 0 Å². The highest BCUT2D eigenvalue weighted by molar-refractivity contribution is 6.47. The summed E-state index contributed by atoms with van der Waals surface area (Å²) >= 11 is 0. The van der Waals surface area contributed by atoms with Crippen molar-refractivity contribution < 1.29 is 10.0 Å². The van der Waals surface area contributed by atoms with Gasteiger partial charge in [-0.15, -0.1) is 5.73 Å². The predicted molar refractivity (Wildman–Crippen MR) is 23.9 cm³/mol. The average Bonchev–Trinajstić information content (AvgIpc) is 1.35. The van der Waals surface area contributed by atoms with E-state index in [-0.39, 0.29) is 0 Å². The van der Waals surface area contributed by atoms with E-state index in [0.29, 0.717) is 0 Å². The van der Waals surface area contributed by atoms with E-state index in [0.717, 1.165) is 5.98 Å². The average molecular weight is 83.9 g/mol. The van der Waals surface area contributed by atoms with Crippen molar-refractivity contribution in [1.82, 2.24) is 0 Å². The van der Waals surface area contributed by atoms with Crippen molar-refractivity contribution >= 4 is 7.12 Å². The van der Waals surface area contributed by atoms with Gasteiger partial charge in [-0.05, 0) is 5.98 Å². The monoisotopic (exact) mass is 84.0 g/mol. The molecule has 0 saturated heterocycles. The zero-order chi connectivity index (χ0) is 4.99. The van der Waals surface area contributed by atoms with Crippen LogP contribution < -0.4 is 0 Å². The van der Waals surface area contributed by atoms with Gasteiger partial charge in [0.15, 0.2) is 0 Å². The van der Waals surface area contributed by atoms with Crippen molar-refractivity contribution in [2.45, 2.75) is 0 Å². The van der Waals surface area contributed by atoms with Crippen molar-refractivity contribution in [1.29, 1.82) is 0 Å². The van der Waals surface area contributed by atoms with Gasteiger partial charge >= 0.3 is 7.12 Å². The van der Waals surface area contributed by atoms with Crippen LogP contribution in [0.1, 0.15) is 0 Å². The molecule has 0 rings (SSSR count). The fraction of sp³-hybridized carbons (Fsp3) is 0. The smallest absolute Gasteiger partial charge is 0.423 e. The van der Waals surface area contributed by atoms with Crippen molar-refractivity contribution in [3.05, 3.63) is 18.3 Å². The molecule has 0 atom stereocenters. The molecule has 0 unspecified atom stereocenters. The van der Waals surface area contributed by atoms with E-state index >= 15 is 0 Å². The molecule has 0 aromatic rings. The van der Waals surface area contributed by atoms with Crippen LogP contribution in [0.25, 0.3) is 0 Å². The summed E-state index contributed by atoms with van der Waals surface area (Å²) in [5, 5.41) is 15.9. The van der Waals surface area contributed by atoms with Gasteiger partial charge in [0.2, 0.25) is 0 Å². The molecule has 0 aliphatic carbocycles. The zero-order valence-electron chi connectivity index (χ0n) is 3.26. The van der Waals surface area contributed by atoms with Crippen LogP contribution >= 0.6 is 0 Å². The van der Waals surface area contributed by atoms with Crippen molar-refractivity contribution in [2.75, 3.05) is 0 Å². The molecule has 0 amide bonds. The lowest BCUT2D eigenvalue weighted by Gasteiger charge is -1.75. The molecule has 0 aromatic carbocycles. The Kier molecular flexibility index (Phi) is 2.50. The van der Waals surface area contributed by atoms with Crippen LogP contribution in [0.4, 0.5) is 0 Å². The fourth-order valence-electron chi connectivity index (χ4n) is 0.105. The minimum absolute atomic E-state index is 1.04. The number of rotatable bonds is 1. The van der Waals surface area contributed by atoms with E-state index in [1.54, 1.807) is 0 Å². The first-order valence-electron chi connectivity index (χ1n) is 1.49. The van der Waals surface area contributed by atoms with E-state index in [1.807, 2.05) is 0 Å². The fourth-order valence-corrected chi connectivity index (χ4v) is 0.105. The Morgan fingerprint density at radius 1 is 1.67 bits per heavy atom. The van der Waals surface area contributed by atoms with Crippen LogP contribution in [0, 0.1) is 0 Å². The molecule has 0 aromatic heterocycles. The largest absolute Gasteiger partial charge is 0.488 e. The third-order valence-corrected chi connectivity index (χ3v) is 0.267. The molecule has 0 fully saturated rings. The summed E-state index contributed by atoms with van der Waals surface area (Å²) < 4.78 is 0. The van der Waals surface area contributed by atoms with E-state index in [2.05, 4.69) is 12.3 Å². The highest BCUT2D eigenvalue weighted by atomic mass is 16.4. The van der Waals surface area contributed by atoms with Crippen LogP contribution in [0.2, 0.25) is 0 Å². The third kappa shape index (κ3) is 3.50. The minimum Gasteiger partial charge on any atom is -0.423 e. The Morgan fingerprint density at radius 3 is 2.17 bits per heavy atom. The Hall–Kier alpha value is -0.495. The summed E-state index contributed by atoms with van der Waals surface area (Å²) in [5.41, 5.74) is 2.19. The molecule has 2 N–H and O–H groups in total. The molecule has 2 nitrogen and oxygen atoms in total. The Morgan fingerprint density at radius 2 is 2.17 bits per heavy atom. The van der Waals surface area contributed by atoms with Crippen molar-refractivity contribution in [3.8, 4) is 0 Å². The van der Waals surface area contributed by atoms with Crippen LogP contribution in [0.3, 0.4) is 0 Å². The maximum Gasteiger partial charge on any atom is 0.488 e. The second-order valence-electron chi connectivity index (χ2n) is 0.784. The lowest BCUT2D eigenvalue weighted by atomic mass is 9.93. The molecule has 0 bridgehead atoms. The van der Waals surface area contributed by atoms with Crippen molar-refractivity contribution in [3.63, 3.8) is 0 Å².